The van der Waals surface area contributed by atoms with Crippen molar-refractivity contribution in [2.75, 3.05) is 0 Å². The maximum absolute atomic E-state index is 8.62. The fourth-order valence-electron chi connectivity index (χ4n) is 1.13. The summed E-state index contributed by atoms with van der Waals surface area (Å²) in [6.45, 7) is 0. The fourth-order valence-corrected chi connectivity index (χ4v) is 1.13. The van der Waals surface area contributed by atoms with Gasteiger partial charge < -0.3 is 9.55 Å². The van der Waals surface area contributed by atoms with Gasteiger partial charge in [0.15, 0.2) is 17.3 Å². The van der Waals surface area contributed by atoms with E-state index in [1.807, 2.05) is 13.1 Å². The van der Waals surface area contributed by atoms with Gasteiger partial charge in [0.05, 0.1) is 0 Å². The van der Waals surface area contributed by atoms with Crippen LogP contribution in [0.2, 0.25) is 0 Å². The molecule has 0 aromatic carbocycles. The summed E-state index contributed by atoms with van der Waals surface area (Å²) in [7, 11) is 1.83. The van der Waals surface area contributed by atoms with Crippen molar-refractivity contribution in [2.24, 2.45) is 7.05 Å². The van der Waals surface area contributed by atoms with Crippen molar-refractivity contribution in [1.82, 2.24) is 19.5 Å². The Morgan fingerprint density at radius 1 is 1.62 bits per heavy atom. The van der Waals surface area contributed by atoms with E-state index < -0.39 is 0 Å². The third-order valence-corrected chi connectivity index (χ3v) is 1.70. The lowest BCUT2D eigenvalue weighted by atomic mass is 10.5. The van der Waals surface area contributed by atoms with Gasteiger partial charge >= 0.3 is 0 Å². The van der Waals surface area contributed by atoms with Crippen molar-refractivity contribution < 1.29 is 0 Å². The van der Waals surface area contributed by atoms with Crippen molar-refractivity contribution in [1.29, 1.82) is 5.26 Å². The number of aromatic amines is 1. The molecule has 5 heteroatoms. The first-order valence-corrected chi connectivity index (χ1v) is 3.74. The molecule has 0 bridgehead atoms. The van der Waals surface area contributed by atoms with Crippen LogP contribution in [0.3, 0.4) is 0 Å². The molecule has 0 aliphatic rings. The van der Waals surface area contributed by atoms with Crippen LogP contribution >= 0.6 is 0 Å². The van der Waals surface area contributed by atoms with E-state index in [1.165, 1.54) is 0 Å². The topological polar surface area (TPSA) is 70.3 Å². The Labute approximate surface area is 74.7 Å². The van der Waals surface area contributed by atoms with Crippen molar-refractivity contribution in [3.8, 4) is 17.7 Å². The lowest BCUT2D eigenvalue weighted by Gasteiger charge is -1.94. The second-order valence-corrected chi connectivity index (χ2v) is 2.61. The predicted molar refractivity (Wildman–Crippen MR) is 45.5 cm³/mol. The summed E-state index contributed by atoms with van der Waals surface area (Å²) < 4.78 is 1.76. The smallest absolute Gasteiger partial charge is 0.177 e. The van der Waals surface area contributed by atoms with Crippen LogP contribution in [-0.2, 0) is 7.05 Å². The van der Waals surface area contributed by atoms with Crippen LogP contribution in [0.4, 0.5) is 0 Å². The summed E-state index contributed by atoms with van der Waals surface area (Å²) in [6.07, 6.45) is 5.03. The minimum absolute atomic E-state index is 0.397. The number of nitrogens with zero attached hydrogens (tertiary/aromatic N) is 4. The van der Waals surface area contributed by atoms with Crippen LogP contribution in [0.15, 0.2) is 18.6 Å². The zero-order chi connectivity index (χ0) is 9.26. The van der Waals surface area contributed by atoms with Gasteiger partial charge in [0, 0.05) is 25.6 Å². The molecule has 0 unspecified atom stereocenters. The van der Waals surface area contributed by atoms with Gasteiger partial charge in [-0.1, -0.05) is 0 Å². The SMILES string of the molecule is Cn1cc(C#N)nc1-c1ncc[nH]1. The maximum Gasteiger partial charge on any atom is 0.177 e. The van der Waals surface area contributed by atoms with Gasteiger partial charge in [0.2, 0.25) is 0 Å². The Morgan fingerprint density at radius 2 is 2.46 bits per heavy atom. The van der Waals surface area contributed by atoms with Gasteiger partial charge in [0.1, 0.15) is 6.07 Å². The highest BCUT2D eigenvalue weighted by atomic mass is 15.1. The molecule has 2 aromatic heterocycles. The highest BCUT2D eigenvalue weighted by molar-refractivity contribution is 5.45. The number of hydrogen-bond donors (Lipinski definition) is 1. The number of nitriles is 1. The van der Waals surface area contributed by atoms with E-state index in [2.05, 4.69) is 15.0 Å². The summed E-state index contributed by atoms with van der Waals surface area (Å²) in [4.78, 5) is 11.1. The Bertz CT molecular complexity index is 445. The molecular formula is C8H7N5. The van der Waals surface area contributed by atoms with E-state index in [9.17, 15) is 0 Å². The second-order valence-electron chi connectivity index (χ2n) is 2.61. The molecule has 0 amide bonds. The highest BCUT2D eigenvalue weighted by Gasteiger charge is 2.08. The molecule has 0 radical (unpaired) electrons. The summed E-state index contributed by atoms with van der Waals surface area (Å²) in [5, 5.41) is 8.62. The quantitative estimate of drug-likeness (QED) is 0.689. The Morgan fingerprint density at radius 3 is 3.00 bits per heavy atom. The van der Waals surface area contributed by atoms with E-state index in [1.54, 1.807) is 23.2 Å². The first kappa shape index (κ1) is 7.55. The first-order valence-electron chi connectivity index (χ1n) is 3.74. The lowest BCUT2D eigenvalue weighted by Crippen LogP contribution is -1.92. The van der Waals surface area contributed by atoms with Gasteiger partial charge in [-0.15, -0.1) is 0 Å². The minimum atomic E-state index is 0.397. The van der Waals surface area contributed by atoms with E-state index in [-0.39, 0.29) is 0 Å². The van der Waals surface area contributed by atoms with Crippen LogP contribution in [0.25, 0.3) is 11.6 Å². The summed E-state index contributed by atoms with van der Waals surface area (Å²) in [5.74, 6) is 1.34. The molecule has 0 spiro atoms. The van der Waals surface area contributed by atoms with E-state index >= 15 is 0 Å². The molecule has 0 aliphatic heterocycles. The third kappa shape index (κ3) is 1.18. The summed E-state index contributed by atoms with van der Waals surface area (Å²) in [5.41, 5.74) is 0.397. The number of aromatic nitrogens is 4. The molecule has 0 aliphatic carbocycles. The molecule has 5 nitrogen and oxygen atoms in total. The van der Waals surface area contributed by atoms with Crippen molar-refractivity contribution in [3.05, 3.63) is 24.3 Å². The maximum atomic E-state index is 8.62. The average molecular weight is 173 g/mol. The van der Waals surface area contributed by atoms with Crippen molar-refractivity contribution in [3.63, 3.8) is 0 Å². The van der Waals surface area contributed by atoms with Gasteiger partial charge in [-0.2, -0.15) is 5.26 Å². The molecular weight excluding hydrogens is 166 g/mol. The Hall–Kier alpha value is -2.09. The molecule has 0 saturated carbocycles. The molecule has 2 heterocycles. The first-order chi connectivity index (χ1) is 6.31. The number of nitrogens with one attached hydrogen (secondary N) is 1. The van der Waals surface area contributed by atoms with Gasteiger partial charge in [-0.3, -0.25) is 0 Å². The van der Waals surface area contributed by atoms with E-state index in [0.717, 1.165) is 0 Å². The minimum Gasteiger partial charge on any atom is -0.342 e. The van der Waals surface area contributed by atoms with Gasteiger partial charge in [0.25, 0.3) is 0 Å². The zero-order valence-electron chi connectivity index (χ0n) is 7.02. The van der Waals surface area contributed by atoms with E-state index in [0.29, 0.717) is 17.3 Å². The van der Waals surface area contributed by atoms with Crippen LogP contribution in [0.5, 0.6) is 0 Å². The molecule has 0 fully saturated rings. The van der Waals surface area contributed by atoms with Gasteiger partial charge in [-0.25, -0.2) is 9.97 Å². The highest BCUT2D eigenvalue weighted by Crippen LogP contribution is 2.11. The molecule has 2 aromatic rings. The molecule has 0 saturated heterocycles. The van der Waals surface area contributed by atoms with Crippen LogP contribution < -0.4 is 0 Å². The number of hydrogen-bond acceptors (Lipinski definition) is 3. The molecule has 0 atom stereocenters. The molecule has 64 valence electrons. The molecule has 1 N–H and O–H groups in total. The zero-order valence-corrected chi connectivity index (χ0v) is 7.02. The Kier molecular flexibility index (Phi) is 1.60. The standard InChI is InChI=1S/C8H7N5/c1-13-5-6(4-9)12-8(13)7-10-2-3-11-7/h2-3,5H,1H3,(H,10,11). The van der Waals surface area contributed by atoms with Crippen LogP contribution in [0, 0.1) is 11.3 Å². The largest absolute Gasteiger partial charge is 0.342 e. The monoisotopic (exact) mass is 173 g/mol. The van der Waals surface area contributed by atoms with Gasteiger partial charge in [-0.05, 0) is 0 Å². The van der Waals surface area contributed by atoms with Crippen molar-refractivity contribution in [2.45, 2.75) is 0 Å². The molecule has 2 rings (SSSR count). The Balaban J connectivity index is 2.54. The number of rotatable bonds is 1. The average Bonchev–Trinajstić information content (AvgIpc) is 2.72. The van der Waals surface area contributed by atoms with Crippen LogP contribution in [0.1, 0.15) is 5.69 Å². The summed E-state index contributed by atoms with van der Waals surface area (Å²) in [6, 6.07) is 1.98. The van der Waals surface area contributed by atoms with E-state index in [4.69, 9.17) is 5.26 Å². The number of H-pyrrole nitrogens is 1. The second kappa shape index (κ2) is 2.75. The van der Waals surface area contributed by atoms with Crippen LogP contribution in [-0.4, -0.2) is 19.5 Å². The molecule has 13 heavy (non-hydrogen) atoms. The normalized spacial score (nSPS) is 9.85. The third-order valence-electron chi connectivity index (χ3n) is 1.70. The fraction of sp³-hybridized carbons (Fsp3) is 0.125. The predicted octanol–water partition coefficient (Wildman–Crippen LogP) is 0.682. The summed E-state index contributed by atoms with van der Waals surface area (Å²) >= 11 is 0. The van der Waals surface area contributed by atoms with Crippen molar-refractivity contribution >= 4 is 0 Å². The number of aryl methyl sites for hydroxylation is 1. The lowest BCUT2D eigenvalue weighted by molar-refractivity contribution is 0.912. The number of imidazole rings is 2.